The van der Waals surface area contributed by atoms with Gasteiger partial charge >= 0.3 is 0 Å². The molecule has 0 saturated carbocycles. The molecule has 2 aliphatic heterocycles. The number of β-amino-alcohol motifs (C(OH)–C–C–N with tert-alkyl or cyclic N) is 1. The van der Waals surface area contributed by atoms with Crippen molar-refractivity contribution >= 4 is 5.95 Å². The molecule has 1 aromatic heterocycles. The number of nitrogens with zero attached hydrogens (tertiary/aromatic N) is 4. The van der Waals surface area contributed by atoms with Crippen molar-refractivity contribution in [3.63, 3.8) is 0 Å². The zero-order valence-electron chi connectivity index (χ0n) is 10.8. The number of hydrogen-bond donors (Lipinski definition) is 1. The van der Waals surface area contributed by atoms with Gasteiger partial charge in [0, 0.05) is 37.9 Å². The van der Waals surface area contributed by atoms with E-state index in [0.29, 0.717) is 12.5 Å². The van der Waals surface area contributed by atoms with Crippen LogP contribution in [0.5, 0.6) is 0 Å². The maximum atomic E-state index is 9.51. The second-order valence-corrected chi connectivity index (χ2v) is 5.45. The predicted octanol–water partition coefficient (Wildman–Crippen LogP) is 0.467. The molecule has 5 nitrogen and oxygen atoms in total. The highest BCUT2D eigenvalue weighted by Crippen LogP contribution is 2.26. The summed E-state index contributed by atoms with van der Waals surface area (Å²) in [5.41, 5.74) is 1.24. The fraction of sp³-hybridized carbons (Fsp3) is 0.692. The van der Waals surface area contributed by atoms with E-state index in [1.807, 2.05) is 12.4 Å². The summed E-state index contributed by atoms with van der Waals surface area (Å²) in [6, 6.07) is 0. The van der Waals surface area contributed by atoms with E-state index in [0.717, 1.165) is 32.0 Å². The highest BCUT2D eigenvalue weighted by Gasteiger charge is 2.24. The van der Waals surface area contributed by atoms with E-state index in [2.05, 4.69) is 26.8 Å². The summed E-state index contributed by atoms with van der Waals surface area (Å²) in [4.78, 5) is 13.3. The molecule has 98 valence electrons. The van der Waals surface area contributed by atoms with Crippen LogP contribution in [-0.2, 0) is 0 Å². The summed E-state index contributed by atoms with van der Waals surface area (Å²) in [7, 11) is 2.15. The Balaban J connectivity index is 1.69. The standard InChI is InChI=1S/C13H20N4O/c1-16-4-2-10(8-16)11-6-14-13(15-7-11)17-5-3-12(18)9-17/h6-7,10,12,18H,2-5,8-9H2,1H3. The number of hydrogen-bond acceptors (Lipinski definition) is 5. The Morgan fingerprint density at radius 3 is 2.50 bits per heavy atom. The zero-order valence-corrected chi connectivity index (χ0v) is 10.8. The lowest BCUT2D eigenvalue weighted by Gasteiger charge is -2.16. The van der Waals surface area contributed by atoms with Gasteiger partial charge in [0.2, 0.25) is 5.95 Å². The van der Waals surface area contributed by atoms with Gasteiger partial charge < -0.3 is 14.9 Å². The quantitative estimate of drug-likeness (QED) is 0.824. The van der Waals surface area contributed by atoms with E-state index >= 15 is 0 Å². The smallest absolute Gasteiger partial charge is 0.225 e. The van der Waals surface area contributed by atoms with E-state index in [1.54, 1.807) is 0 Å². The van der Waals surface area contributed by atoms with Crippen molar-refractivity contribution in [2.45, 2.75) is 24.9 Å². The highest BCUT2D eigenvalue weighted by molar-refractivity contribution is 5.32. The van der Waals surface area contributed by atoms with Gasteiger partial charge in [0.05, 0.1) is 6.10 Å². The Morgan fingerprint density at radius 1 is 1.17 bits per heavy atom. The molecule has 5 heteroatoms. The minimum absolute atomic E-state index is 0.225. The molecule has 0 bridgehead atoms. The fourth-order valence-electron chi connectivity index (χ4n) is 2.84. The normalized spacial score (nSPS) is 29.1. The van der Waals surface area contributed by atoms with Crippen molar-refractivity contribution in [2.75, 3.05) is 38.1 Å². The van der Waals surface area contributed by atoms with Crippen LogP contribution in [-0.4, -0.2) is 59.3 Å². The van der Waals surface area contributed by atoms with Crippen molar-refractivity contribution in [3.05, 3.63) is 18.0 Å². The van der Waals surface area contributed by atoms with Crippen LogP contribution < -0.4 is 4.90 Å². The first-order valence-corrected chi connectivity index (χ1v) is 6.66. The molecular formula is C13H20N4O. The lowest BCUT2D eigenvalue weighted by atomic mass is 10.0. The van der Waals surface area contributed by atoms with E-state index in [9.17, 15) is 5.11 Å². The molecule has 18 heavy (non-hydrogen) atoms. The van der Waals surface area contributed by atoms with E-state index in [1.165, 1.54) is 12.0 Å². The largest absolute Gasteiger partial charge is 0.391 e. The predicted molar refractivity (Wildman–Crippen MR) is 69.7 cm³/mol. The number of aliphatic hydroxyl groups is 1. The van der Waals surface area contributed by atoms with Gasteiger partial charge in [-0.15, -0.1) is 0 Å². The second-order valence-electron chi connectivity index (χ2n) is 5.45. The van der Waals surface area contributed by atoms with Crippen LogP contribution in [0.2, 0.25) is 0 Å². The molecule has 2 atom stereocenters. The van der Waals surface area contributed by atoms with Gasteiger partial charge in [-0.05, 0) is 32.0 Å². The van der Waals surface area contributed by atoms with Crippen LogP contribution in [0.15, 0.2) is 12.4 Å². The summed E-state index contributed by atoms with van der Waals surface area (Å²) in [6.07, 6.45) is 5.70. The van der Waals surface area contributed by atoms with Crippen LogP contribution in [0, 0.1) is 0 Å². The number of likely N-dealkylation sites (N-methyl/N-ethyl adjacent to an activating group) is 1. The van der Waals surface area contributed by atoms with Crippen molar-refractivity contribution in [2.24, 2.45) is 0 Å². The number of likely N-dealkylation sites (tertiary alicyclic amines) is 1. The molecular weight excluding hydrogens is 228 g/mol. The van der Waals surface area contributed by atoms with Crippen molar-refractivity contribution in [1.29, 1.82) is 0 Å². The van der Waals surface area contributed by atoms with Gasteiger partial charge in [0.15, 0.2) is 0 Å². The van der Waals surface area contributed by atoms with Gasteiger partial charge in [-0.25, -0.2) is 9.97 Å². The number of rotatable bonds is 2. The van der Waals surface area contributed by atoms with Crippen LogP contribution in [0.25, 0.3) is 0 Å². The zero-order chi connectivity index (χ0) is 12.5. The molecule has 3 rings (SSSR count). The highest BCUT2D eigenvalue weighted by atomic mass is 16.3. The molecule has 0 aromatic carbocycles. The van der Waals surface area contributed by atoms with Gasteiger partial charge in [0.25, 0.3) is 0 Å². The molecule has 3 heterocycles. The summed E-state index contributed by atoms with van der Waals surface area (Å²) in [5.74, 6) is 1.33. The molecule has 2 unspecified atom stereocenters. The average molecular weight is 248 g/mol. The average Bonchev–Trinajstić information content (AvgIpc) is 2.98. The lowest BCUT2D eigenvalue weighted by molar-refractivity contribution is 0.198. The topological polar surface area (TPSA) is 52.5 Å². The van der Waals surface area contributed by atoms with Crippen LogP contribution in [0.4, 0.5) is 5.95 Å². The Labute approximate surface area is 107 Å². The van der Waals surface area contributed by atoms with Crippen molar-refractivity contribution in [3.8, 4) is 0 Å². The summed E-state index contributed by atoms with van der Waals surface area (Å²) >= 11 is 0. The van der Waals surface area contributed by atoms with E-state index in [-0.39, 0.29) is 6.10 Å². The third kappa shape index (κ3) is 2.33. The Bertz CT molecular complexity index is 369. The number of aromatic nitrogens is 2. The molecule has 0 aliphatic carbocycles. The monoisotopic (exact) mass is 248 g/mol. The van der Waals surface area contributed by atoms with Gasteiger partial charge in [-0.2, -0.15) is 0 Å². The maximum Gasteiger partial charge on any atom is 0.225 e. The molecule has 0 amide bonds. The number of aliphatic hydroxyl groups excluding tert-OH is 1. The Morgan fingerprint density at radius 2 is 1.94 bits per heavy atom. The number of anilines is 1. The summed E-state index contributed by atoms with van der Waals surface area (Å²) in [5, 5.41) is 9.51. The Kier molecular flexibility index (Phi) is 3.18. The molecule has 2 aliphatic rings. The SMILES string of the molecule is CN1CCC(c2cnc(N3CCC(O)C3)nc2)C1. The van der Waals surface area contributed by atoms with Crippen molar-refractivity contribution < 1.29 is 5.11 Å². The lowest BCUT2D eigenvalue weighted by Crippen LogP contribution is -2.23. The second kappa shape index (κ2) is 4.82. The molecule has 1 aromatic rings. The third-order valence-electron chi connectivity index (χ3n) is 3.97. The first-order valence-electron chi connectivity index (χ1n) is 6.66. The molecule has 0 spiro atoms. The van der Waals surface area contributed by atoms with Gasteiger partial charge in [-0.1, -0.05) is 0 Å². The minimum Gasteiger partial charge on any atom is -0.391 e. The maximum absolute atomic E-state index is 9.51. The van der Waals surface area contributed by atoms with E-state index in [4.69, 9.17) is 0 Å². The van der Waals surface area contributed by atoms with Crippen LogP contribution in [0.3, 0.4) is 0 Å². The fourth-order valence-corrected chi connectivity index (χ4v) is 2.84. The first-order chi connectivity index (χ1) is 8.72. The van der Waals surface area contributed by atoms with E-state index < -0.39 is 0 Å². The summed E-state index contributed by atoms with van der Waals surface area (Å²) in [6.45, 7) is 3.77. The minimum atomic E-state index is -0.225. The van der Waals surface area contributed by atoms with Crippen molar-refractivity contribution in [1.82, 2.24) is 14.9 Å². The molecule has 2 saturated heterocycles. The van der Waals surface area contributed by atoms with Gasteiger partial charge in [-0.3, -0.25) is 0 Å². The Hall–Kier alpha value is -1.20. The van der Waals surface area contributed by atoms with Crippen LogP contribution >= 0.6 is 0 Å². The molecule has 1 N–H and O–H groups in total. The van der Waals surface area contributed by atoms with Gasteiger partial charge in [0.1, 0.15) is 0 Å². The molecule has 2 fully saturated rings. The third-order valence-corrected chi connectivity index (χ3v) is 3.97. The summed E-state index contributed by atoms with van der Waals surface area (Å²) < 4.78 is 0. The first kappa shape index (κ1) is 11.9. The van der Waals surface area contributed by atoms with Crippen LogP contribution in [0.1, 0.15) is 24.3 Å². The molecule has 0 radical (unpaired) electrons.